The van der Waals surface area contributed by atoms with Crippen LogP contribution in [0.15, 0.2) is 45.7 Å². The molecule has 2 aromatic heterocycles. The lowest BCUT2D eigenvalue weighted by molar-refractivity contribution is 0.667. The molecule has 0 aliphatic rings. The van der Waals surface area contributed by atoms with Crippen molar-refractivity contribution >= 4 is 56.4 Å². The molecule has 0 amide bonds. The molecule has 4 nitrogen and oxygen atoms in total. The Kier molecular flexibility index (Phi) is 8.15. The van der Waals surface area contributed by atoms with Gasteiger partial charge in [-0.1, -0.05) is 19.1 Å². The molecule has 0 aliphatic carbocycles. The summed E-state index contributed by atoms with van der Waals surface area (Å²) in [6.07, 6.45) is 2.07. The Morgan fingerprint density at radius 2 is 2.00 bits per heavy atom. The summed E-state index contributed by atoms with van der Waals surface area (Å²) in [5.41, 5.74) is 0.911. The minimum Gasteiger partial charge on any atom is -0.371 e. The van der Waals surface area contributed by atoms with Crippen LogP contribution in [0.5, 0.6) is 0 Å². The monoisotopic (exact) mass is 455 g/mol. The molecule has 3 aromatic rings. The Hall–Kier alpha value is -1.34. The average molecular weight is 457 g/mol. The van der Waals surface area contributed by atoms with E-state index in [1.54, 1.807) is 6.07 Å². The second-order valence-electron chi connectivity index (χ2n) is 5.89. The van der Waals surface area contributed by atoms with E-state index in [9.17, 15) is 4.79 Å². The lowest BCUT2D eigenvalue weighted by Crippen LogP contribution is -2.18. The van der Waals surface area contributed by atoms with E-state index in [-0.39, 0.29) is 17.8 Å². The number of thiophene rings is 1. The van der Waals surface area contributed by atoms with Gasteiger partial charge in [0.05, 0.1) is 5.52 Å². The standard InChI is InChI=1S/C19H22BrN3OS.ClH/c1-2-13-10-15(20)18(25-13)12-21-8-5-9-22-19-11-17(24)14-6-3-4-7-16(14)23-19;/h3-4,6-7,10-11,21H,2,5,8-9,12H2,1H3,(H2,22,23,24);1H. The van der Waals surface area contributed by atoms with Gasteiger partial charge in [0, 0.05) is 38.8 Å². The first-order valence-electron chi connectivity index (χ1n) is 8.51. The number of benzene rings is 1. The summed E-state index contributed by atoms with van der Waals surface area (Å²) in [7, 11) is 0. The second kappa shape index (κ2) is 10.1. The number of anilines is 1. The van der Waals surface area contributed by atoms with Crippen LogP contribution in [-0.4, -0.2) is 18.1 Å². The first-order valence-corrected chi connectivity index (χ1v) is 10.1. The maximum Gasteiger partial charge on any atom is 0.191 e. The number of aromatic nitrogens is 1. The van der Waals surface area contributed by atoms with E-state index in [1.807, 2.05) is 35.6 Å². The van der Waals surface area contributed by atoms with Crippen molar-refractivity contribution in [2.75, 3.05) is 18.4 Å². The Bertz CT molecular complexity index is 909. The fourth-order valence-electron chi connectivity index (χ4n) is 2.68. The van der Waals surface area contributed by atoms with Crippen molar-refractivity contribution in [3.05, 3.63) is 60.8 Å². The molecule has 0 radical (unpaired) electrons. The van der Waals surface area contributed by atoms with Crippen LogP contribution in [0.2, 0.25) is 0 Å². The van der Waals surface area contributed by atoms with Gasteiger partial charge in [0.2, 0.25) is 0 Å². The lowest BCUT2D eigenvalue weighted by atomic mass is 10.2. The maximum absolute atomic E-state index is 12.1. The number of halogens is 2. The number of nitrogens with one attached hydrogen (secondary N) is 3. The molecule has 140 valence electrons. The first-order chi connectivity index (χ1) is 12.2. The smallest absolute Gasteiger partial charge is 0.191 e. The van der Waals surface area contributed by atoms with Crippen molar-refractivity contribution in [2.24, 2.45) is 0 Å². The molecule has 0 fully saturated rings. The molecule has 0 spiro atoms. The van der Waals surface area contributed by atoms with Crippen LogP contribution in [0.3, 0.4) is 0 Å². The van der Waals surface area contributed by atoms with Gasteiger partial charge in [-0.2, -0.15) is 0 Å². The van der Waals surface area contributed by atoms with Crippen LogP contribution in [0.4, 0.5) is 5.82 Å². The zero-order chi connectivity index (χ0) is 17.6. The van der Waals surface area contributed by atoms with Crippen LogP contribution in [0.1, 0.15) is 23.1 Å². The minimum atomic E-state index is 0. The molecule has 3 N–H and O–H groups in total. The zero-order valence-electron chi connectivity index (χ0n) is 14.6. The summed E-state index contributed by atoms with van der Waals surface area (Å²) in [5, 5.41) is 7.50. The number of aromatic amines is 1. The van der Waals surface area contributed by atoms with Crippen molar-refractivity contribution in [1.82, 2.24) is 10.3 Å². The molecule has 26 heavy (non-hydrogen) atoms. The summed E-state index contributed by atoms with van der Waals surface area (Å²) in [6.45, 7) is 4.81. The van der Waals surface area contributed by atoms with Gasteiger partial charge in [-0.05, 0) is 53.5 Å². The quantitative estimate of drug-likeness (QED) is 0.421. The molecule has 0 saturated carbocycles. The SMILES string of the molecule is CCc1cc(Br)c(CNCCCNc2cc(=O)c3ccccc3[nH]2)s1.Cl. The molecular formula is C19H23BrClN3OS. The van der Waals surface area contributed by atoms with Crippen molar-refractivity contribution in [3.63, 3.8) is 0 Å². The number of fused-ring (bicyclic) bond motifs is 1. The van der Waals surface area contributed by atoms with Crippen LogP contribution in [-0.2, 0) is 13.0 Å². The van der Waals surface area contributed by atoms with E-state index < -0.39 is 0 Å². The van der Waals surface area contributed by atoms with E-state index in [0.717, 1.165) is 49.2 Å². The lowest BCUT2D eigenvalue weighted by Gasteiger charge is -2.08. The van der Waals surface area contributed by atoms with Crippen molar-refractivity contribution in [1.29, 1.82) is 0 Å². The largest absolute Gasteiger partial charge is 0.371 e. The van der Waals surface area contributed by atoms with Gasteiger partial charge >= 0.3 is 0 Å². The maximum atomic E-state index is 12.1. The number of para-hydroxylation sites is 1. The summed E-state index contributed by atoms with van der Waals surface area (Å²) >= 11 is 5.48. The summed E-state index contributed by atoms with van der Waals surface area (Å²) in [4.78, 5) is 18.1. The first kappa shape index (κ1) is 21.0. The van der Waals surface area contributed by atoms with E-state index in [1.165, 1.54) is 14.2 Å². The highest BCUT2D eigenvalue weighted by molar-refractivity contribution is 9.10. The Balaban J connectivity index is 0.00000243. The third-order valence-corrected chi connectivity index (χ3v) is 6.27. The third kappa shape index (κ3) is 5.33. The summed E-state index contributed by atoms with van der Waals surface area (Å²) in [5.74, 6) is 0.775. The predicted molar refractivity (Wildman–Crippen MR) is 118 cm³/mol. The number of H-pyrrole nitrogens is 1. The predicted octanol–water partition coefficient (Wildman–Crippen LogP) is 4.93. The topological polar surface area (TPSA) is 56.9 Å². The highest BCUT2D eigenvalue weighted by atomic mass is 79.9. The van der Waals surface area contributed by atoms with Gasteiger partial charge in [0.25, 0.3) is 0 Å². The van der Waals surface area contributed by atoms with E-state index >= 15 is 0 Å². The molecule has 1 aromatic carbocycles. The van der Waals surface area contributed by atoms with Crippen LogP contribution < -0.4 is 16.1 Å². The van der Waals surface area contributed by atoms with Crippen LogP contribution in [0, 0.1) is 0 Å². The van der Waals surface area contributed by atoms with E-state index in [4.69, 9.17) is 0 Å². The van der Waals surface area contributed by atoms with Gasteiger partial charge in [-0.3, -0.25) is 4.79 Å². The van der Waals surface area contributed by atoms with E-state index in [0.29, 0.717) is 0 Å². The molecule has 0 saturated heterocycles. The Morgan fingerprint density at radius 3 is 2.77 bits per heavy atom. The molecule has 0 aliphatic heterocycles. The minimum absolute atomic E-state index is 0. The molecular weight excluding hydrogens is 434 g/mol. The van der Waals surface area contributed by atoms with Crippen LogP contribution in [0.25, 0.3) is 10.9 Å². The van der Waals surface area contributed by atoms with Crippen LogP contribution >= 0.6 is 39.7 Å². The molecule has 3 rings (SSSR count). The molecule has 2 heterocycles. The average Bonchev–Trinajstić information content (AvgIpc) is 2.98. The van der Waals surface area contributed by atoms with Gasteiger partial charge in [0.1, 0.15) is 5.82 Å². The van der Waals surface area contributed by atoms with Gasteiger partial charge in [-0.15, -0.1) is 23.7 Å². The highest BCUT2D eigenvalue weighted by Gasteiger charge is 2.05. The van der Waals surface area contributed by atoms with Crippen molar-refractivity contribution in [2.45, 2.75) is 26.3 Å². The molecule has 0 bridgehead atoms. The van der Waals surface area contributed by atoms with Crippen molar-refractivity contribution in [3.8, 4) is 0 Å². The fraction of sp³-hybridized carbons (Fsp3) is 0.316. The number of rotatable bonds is 8. The highest BCUT2D eigenvalue weighted by Crippen LogP contribution is 2.27. The zero-order valence-corrected chi connectivity index (χ0v) is 17.8. The molecule has 7 heteroatoms. The Labute approximate surface area is 172 Å². The van der Waals surface area contributed by atoms with E-state index in [2.05, 4.69) is 44.5 Å². The number of hydrogen-bond donors (Lipinski definition) is 3. The Morgan fingerprint density at radius 1 is 1.19 bits per heavy atom. The van der Waals surface area contributed by atoms with Crippen molar-refractivity contribution < 1.29 is 0 Å². The fourth-order valence-corrected chi connectivity index (χ4v) is 4.46. The van der Waals surface area contributed by atoms with Gasteiger partial charge < -0.3 is 15.6 Å². The van der Waals surface area contributed by atoms with Gasteiger partial charge in [-0.25, -0.2) is 0 Å². The molecule has 0 atom stereocenters. The van der Waals surface area contributed by atoms with Gasteiger partial charge in [0.15, 0.2) is 5.43 Å². The second-order valence-corrected chi connectivity index (χ2v) is 7.96. The number of pyridine rings is 1. The normalized spacial score (nSPS) is 10.7. The third-order valence-electron chi connectivity index (χ3n) is 4.03. The summed E-state index contributed by atoms with van der Waals surface area (Å²) < 4.78 is 1.20. The number of hydrogen-bond acceptors (Lipinski definition) is 4. The molecule has 0 unspecified atom stereocenters. The summed E-state index contributed by atoms with van der Waals surface area (Å²) in [6, 6.07) is 11.4. The number of aryl methyl sites for hydroxylation is 1.